The number of hydrogen-bond donors (Lipinski definition) is 0. The third-order valence-corrected chi connectivity index (χ3v) is 3.36. The molecule has 2 rings (SSSR count). The van der Waals surface area contributed by atoms with Gasteiger partial charge in [-0.1, -0.05) is 18.2 Å². The number of sulfone groups is 1. The van der Waals surface area contributed by atoms with Gasteiger partial charge in [0.2, 0.25) is 0 Å². The summed E-state index contributed by atoms with van der Waals surface area (Å²) in [4.78, 5) is 0.290. The first kappa shape index (κ1) is 11.7. The minimum absolute atomic E-state index is 0.290. The van der Waals surface area contributed by atoms with E-state index in [0.29, 0.717) is 5.75 Å². The summed E-state index contributed by atoms with van der Waals surface area (Å²) in [5.41, 5.74) is 0. The minimum Gasteiger partial charge on any atom is -0.457 e. The lowest BCUT2D eigenvalue weighted by Crippen LogP contribution is -1.96. The zero-order valence-electron chi connectivity index (χ0n) is 9.33. The summed E-state index contributed by atoms with van der Waals surface area (Å²) in [5, 5.41) is 0. The van der Waals surface area contributed by atoms with Crippen molar-refractivity contribution >= 4 is 9.84 Å². The number of para-hydroxylation sites is 1. The Morgan fingerprint density at radius 1 is 0.824 bits per heavy atom. The molecule has 0 N–H and O–H groups in total. The molecule has 3 nitrogen and oxygen atoms in total. The summed E-state index contributed by atoms with van der Waals surface area (Å²) in [6, 6.07) is 15.7. The molecule has 2 aromatic carbocycles. The minimum atomic E-state index is -3.15. The van der Waals surface area contributed by atoms with E-state index in [0.717, 1.165) is 5.75 Å². The van der Waals surface area contributed by atoms with Crippen molar-refractivity contribution in [1.82, 2.24) is 0 Å². The van der Waals surface area contributed by atoms with Gasteiger partial charge < -0.3 is 4.74 Å². The Labute approximate surface area is 101 Å². The summed E-state index contributed by atoms with van der Waals surface area (Å²) < 4.78 is 28.1. The molecule has 0 radical (unpaired) electrons. The smallest absolute Gasteiger partial charge is 0.175 e. The van der Waals surface area contributed by atoms with Gasteiger partial charge in [0.15, 0.2) is 9.84 Å². The lowest BCUT2D eigenvalue weighted by Gasteiger charge is -2.05. The maximum Gasteiger partial charge on any atom is 0.175 e. The van der Waals surface area contributed by atoms with Crippen LogP contribution in [0.4, 0.5) is 0 Å². The summed E-state index contributed by atoms with van der Waals surface area (Å²) in [6.45, 7) is 0. The van der Waals surface area contributed by atoms with Crippen molar-refractivity contribution in [2.24, 2.45) is 0 Å². The summed E-state index contributed by atoms with van der Waals surface area (Å²) in [5.74, 6) is 1.34. The van der Waals surface area contributed by atoms with Crippen LogP contribution in [0.5, 0.6) is 11.5 Å². The molecule has 0 saturated heterocycles. The fourth-order valence-electron chi connectivity index (χ4n) is 1.38. The maximum atomic E-state index is 11.3. The second-order valence-electron chi connectivity index (χ2n) is 3.66. The maximum absolute atomic E-state index is 11.3. The molecular weight excluding hydrogens is 236 g/mol. The first-order chi connectivity index (χ1) is 8.05. The van der Waals surface area contributed by atoms with Crippen LogP contribution < -0.4 is 4.74 Å². The predicted octanol–water partition coefficient (Wildman–Crippen LogP) is 2.88. The van der Waals surface area contributed by atoms with Gasteiger partial charge in [0.05, 0.1) is 4.90 Å². The number of hydrogen-bond acceptors (Lipinski definition) is 3. The number of rotatable bonds is 3. The van der Waals surface area contributed by atoms with Gasteiger partial charge in [0.25, 0.3) is 0 Å². The van der Waals surface area contributed by atoms with Gasteiger partial charge in [-0.3, -0.25) is 0 Å². The molecule has 0 unspecified atom stereocenters. The lowest BCUT2D eigenvalue weighted by atomic mass is 10.3. The first-order valence-electron chi connectivity index (χ1n) is 5.09. The third-order valence-electron chi connectivity index (χ3n) is 2.23. The molecule has 0 aromatic heterocycles. The fourth-order valence-corrected chi connectivity index (χ4v) is 2.01. The van der Waals surface area contributed by atoms with Crippen LogP contribution in [0.2, 0.25) is 0 Å². The molecular formula is C13H12O3S. The highest BCUT2D eigenvalue weighted by Crippen LogP contribution is 2.22. The molecule has 0 bridgehead atoms. The number of benzene rings is 2. The second kappa shape index (κ2) is 4.59. The Balaban J connectivity index is 2.20. The lowest BCUT2D eigenvalue weighted by molar-refractivity contribution is 0.482. The van der Waals surface area contributed by atoms with Crippen LogP contribution in [0.3, 0.4) is 0 Å². The molecule has 0 aliphatic heterocycles. The highest BCUT2D eigenvalue weighted by atomic mass is 32.2. The van der Waals surface area contributed by atoms with E-state index < -0.39 is 9.84 Å². The Bertz CT molecular complexity index is 586. The van der Waals surface area contributed by atoms with E-state index in [1.807, 2.05) is 30.3 Å². The van der Waals surface area contributed by atoms with Gasteiger partial charge in [-0.25, -0.2) is 8.42 Å². The average Bonchev–Trinajstić information content (AvgIpc) is 2.30. The van der Waals surface area contributed by atoms with E-state index >= 15 is 0 Å². The van der Waals surface area contributed by atoms with Crippen LogP contribution in [0, 0.1) is 0 Å². The van der Waals surface area contributed by atoms with Gasteiger partial charge in [-0.2, -0.15) is 0 Å². The molecule has 4 heteroatoms. The van der Waals surface area contributed by atoms with Crippen LogP contribution in [-0.4, -0.2) is 14.7 Å². The van der Waals surface area contributed by atoms with Gasteiger partial charge in [0, 0.05) is 6.26 Å². The predicted molar refractivity (Wildman–Crippen MR) is 66.1 cm³/mol. The van der Waals surface area contributed by atoms with Crippen molar-refractivity contribution in [3.8, 4) is 11.5 Å². The molecule has 0 amide bonds. The standard InChI is InChI=1S/C13H12O3S/c1-17(14,15)13-9-7-12(8-10-13)16-11-5-3-2-4-6-11/h2-10H,1H3. The Hall–Kier alpha value is -1.81. The molecule has 0 atom stereocenters. The van der Waals surface area contributed by atoms with E-state index in [2.05, 4.69) is 0 Å². The molecule has 0 spiro atoms. The van der Waals surface area contributed by atoms with Gasteiger partial charge >= 0.3 is 0 Å². The largest absolute Gasteiger partial charge is 0.457 e. The zero-order valence-corrected chi connectivity index (χ0v) is 10.1. The van der Waals surface area contributed by atoms with Gasteiger partial charge in [-0.05, 0) is 36.4 Å². The quantitative estimate of drug-likeness (QED) is 0.838. The van der Waals surface area contributed by atoms with Crippen LogP contribution in [0.1, 0.15) is 0 Å². The molecule has 17 heavy (non-hydrogen) atoms. The normalized spacial score (nSPS) is 11.1. The van der Waals surface area contributed by atoms with E-state index in [1.54, 1.807) is 12.1 Å². The summed E-state index contributed by atoms with van der Waals surface area (Å²) in [7, 11) is -3.15. The van der Waals surface area contributed by atoms with Crippen molar-refractivity contribution in [2.45, 2.75) is 4.90 Å². The molecule has 88 valence electrons. The SMILES string of the molecule is CS(=O)(=O)c1ccc(Oc2ccccc2)cc1. The zero-order chi connectivity index (χ0) is 12.3. The number of ether oxygens (including phenoxy) is 1. The average molecular weight is 248 g/mol. The van der Waals surface area contributed by atoms with Gasteiger partial charge in [0.1, 0.15) is 11.5 Å². The Morgan fingerprint density at radius 2 is 1.35 bits per heavy atom. The topological polar surface area (TPSA) is 43.4 Å². The van der Waals surface area contributed by atoms with Crippen molar-refractivity contribution in [3.63, 3.8) is 0 Å². The van der Waals surface area contributed by atoms with Crippen molar-refractivity contribution in [2.75, 3.05) is 6.26 Å². The molecule has 0 aliphatic rings. The van der Waals surface area contributed by atoms with Crippen molar-refractivity contribution in [3.05, 3.63) is 54.6 Å². The van der Waals surface area contributed by atoms with Crippen LogP contribution in [0.15, 0.2) is 59.5 Å². The monoisotopic (exact) mass is 248 g/mol. The first-order valence-corrected chi connectivity index (χ1v) is 6.98. The molecule has 0 aliphatic carbocycles. The van der Waals surface area contributed by atoms with Crippen molar-refractivity contribution < 1.29 is 13.2 Å². The van der Waals surface area contributed by atoms with E-state index in [-0.39, 0.29) is 4.90 Å². The second-order valence-corrected chi connectivity index (χ2v) is 5.67. The summed E-state index contributed by atoms with van der Waals surface area (Å²) >= 11 is 0. The Morgan fingerprint density at radius 3 is 1.88 bits per heavy atom. The van der Waals surface area contributed by atoms with Crippen LogP contribution in [0.25, 0.3) is 0 Å². The Kier molecular flexibility index (Phi) is 3.15. The van der Waals surface area contributed by atoms with E-state index in [1.165, 1.54) is 18.4 Å². The molecule has 0 fully saturated rings. The molecule has 0 heterocycles. The third kappa shape index (κ3) is 3.07. The molecule has 0 saturated carbocycles. The van der Waals surface area contributed by atoms with E-state index in [4.69, 9.17) is 4.74 Å². The highest BCUT2D eigenvalue weighted by Gasteiger charge is 2.06. The van der Waals surface area contributed by atoms with Crippen molar-refractivity contribution in [1.29, 1.82) is 0 Å². The van der Waals surface area contributed by atoms with Crippen LogP contribution in [-0.2, 0) is 9.84 Å². The summed E-state index contributed by atoms with van der Waals surface area (Å²) in [6.07, 6.45) is 1.18. The van der Waals surface area contributed by atoms with Gasteiger partial charge in [-0.15, -0.1) is 0 Å². The fraction of sp³-hybridized carbons (Fsp3) is 0.0769. The molecule has 2 aromatic rings. The highest BCUT2D eigenvalue weighted by molar-refractivity contribution is 7.90. The van der Waals surface area contributed by atoms with E-state index in [9.17, 15) is 8.42 Å². The van der Waals surface area contributed by atoms with Crippen LogP contribution >= 0.6 is 0 Å².